The average Bonchev–Trinajstić information content (AvgIpc) is 2.85. The van der Waals surface area contributed by atoms with E-state index in [4.69, 9.17) is 0 Å². The zero-order valence-corrected chi connectivity index (χ0v) is 33.7. The lowest BCUT2D eigenvalue weighted by molar-refractivity contribution is 0.947. The van der Waals surface area contributed by atoms with Crippen molar-refractivity contribution in [1.82, 2.24) is 0 Å². The first-order chi connectivity index (χ1) is 17.0. The summed E-state index contributed by atoms with van der Waals surface area (Å²) < 4.78 is 10.2. The van der Waals surface area contributed by atoms with Crippen molar-refractivity contribution in [2.75, 3.05) is 0 Å². The predicted octanol–water partition coefficient (Wildman–Crippen LogP) is 14.4. The molecular formula is C26H12Br10. The fourth-order valence-electron chi connectivity index (χ4n) is 3.72. The minimum absolute atomic E-state index is 0.891. The smallest absolute Gasteiger partial charge is 0.0465 e. The number of aryl methyl sites for hydroxylation is 2. The molecule has 0 saturated heterocycles. The standard InChI is InChI=1S/C26H12Br10/c27-17-9-7-15(23(33)25(17)35)13-5-3-11(19(29)21(13)31)1-2-12-4-6-14(22(32)20(12)30)16-8-10-18(28)26(36)24(16)34/h3-10H,1-2H2. The van der Waals surface area contributed by atoms with Crippen molar-refractivity contribution in [2.24, 2.45) is 0 Å². The molecule has 0 saturated carbocycles. The van der Waals surface area contributed by atoms with Gasteiger partial charge in [0.05, 0.1) is 0 Å². The number of benzene rings is 4. The van der Waals surface area contributed by atoms with Gasteiger partial charge < -0.3 is 0 Å². The van der Waals surface area contributed by atoms with E-state index >= 15 is 0 Å². The van der Waals surface area contributed by atoms with Gasteiger partial charge in [-0.15, -0.1) is 0 Å². The molecule has 36 heavy (non-hydrogen) atoms. The van der Waals surface area contributed by atoms with E-state index in [9.17, 15) is 0 Å². The monoisotopic (exact) mass is 1110 g/mol. The highest BCUT2D eigenvalue weighted by Crippen LogP contribution is 2.45. The maximum absolute atomic E-state index is 3.84. The Hall–Kier alpha value is 1.68. The zero-order chi connectivity index (χ0) is 26.3. The van der Waals surface area contributed by atoms with Crippen LogP contribution in [0.2, 0.25) is 0 Å². The lowest BCUT2D eigenvalue weighted by Crippen LogP contribution is -1.97. The van der Waals surface area contributed by atoms with Crippen molar-refractivity contribution in [2.45, 2.75) is 12.8 Å². The van der Waals surface area contributed by atoms with Gasteiger partial charge in [0.15, 0.2) is 0 Å². The van der Waals surface area contributed by atoms with Gasteiger partial charge in [-0.25, -0.2) is 0 Å². The van der Waals surface area contributed by atoms with Crippen LogP contribution in [-0.4, -0.2) is 0 Å². The molecule has 0 bridgehead atoms. The van der Waals surface area contributed by atoms with Gasteiger partial charge in [0, 0.05) is 44.7 Å². The van der Waals surface area contributed by atoms with E-state index in [1.165, 1.54) is 11.1 Å². The normalized spacial score (nSPS) is 11.3. The molecular weight excluding hydrogens is 1110 g/mol. The molecule has 0 atom stereocenters. The van der Waals surface area contributed by atoms with Crippen LogP contribution >= 0.6 is 159 Å². The molecule has 0 heterocycles. The van der Waals surface area contributed by atoms with Crippen molar-refractivity contribution >= 4 is 159 Å². The van der Waals surface area contributed by atoms with E-state index in [2.05, 4.69) is 196 Å². The first-order valence-electron chi connectivity index (χ1n) is 10.2. The van der Waals surface area contributed by atoms with Crippen molar-refractivity contribution in [3.8, 4) is 22.3 Å². The minimum atomic E-state index is 0.891. The lowest BCUT2D eigenvalue weighted by Gasteiger charge is -2.16. The molecule has 4 aromatic carbocycles. The minimum Gasteiger partial charge on any atom is -0.0572 e. The third-order valence-corrected chi connectivity index (χ3v) is 16.9. The summed E-state index contributed by atoms with van der Waals surface area (Å²) in [7, 11) is 0. The van der Waals surface area contributed by atoms with Crippen LogP contribution in [0.3, 0.4) is 0 Å². The molecule has 0 nitrogen and oxygen atoms in total. The predicted molar refractivity (Wildman–Crippen MR) is 188 cm³/mol. The number of halogens is 10. The highest BCUT2D eigenvalue weighted by atomic mass is 79.9. The molecule has 0 aliphatic rings. The molecule has 10 heteroatoms. The molecule has 0 N–H and O–H groups in total. The average molecular weight is 1120 g/mol. The van der Waals surface area contributed by atoms with Gasteiger partial charge in [-0.05, 0) is 218 Å². The van der Waals surface area contributed by atoms with Gasteiger partial charge >= 0.3 is 0 Å². The van der Waals surface area contributed by atoms with Crippen molar-refractivity contribution in [1.29, 1.82) is 0 Å². The Morgan fingerprint density at radius 1 is 0.306 bits per heavy atom. The Morgan fingerprint density at radius 3 is 0.917 bits per heavy atom. The summed E-state index contributed by atoms with van der Waals surface area (Å²) in [5.41, 5.74) is 6.93. The fourth-order valence-corrected chi connectivity index (χ4v) is 9.01. The molecule has 4 rings (SSSR count). The van der Waals surface area contributed by atoms with Crippen LogP contribution in [0.25, 0.3) is 22.3 Å². The van der Waals surface area contributed by atoms with Crippen LogP contribution in [0.5, 0.6) is 0 Å². The summed E-state index contributed by atoms with van der Waals surface area (Å²) in [5, 5.41) is 0. The molecule has 186 valence electrons. The Kier molecular flexibility index (Phi) is 11.2. The molecule has 0 aliphatic carbocycles. The molecule has 0 radical (unpaired) electrons. The summed E-state index contributed by atoms with van der Waals surface area (Å²) >= 11 is 37.2. The third-order valence-electron chi connectivity index (χ3n) is 5.64. The largest absolute Gasteiger partial charge is 0.0572 e. The highest BCUT2D eigenvalue weighted by Gasteiger charge is 2.18. The van der Waals surface area contributed by atoms with E-state index in [1.54, 1.807) is 0 Å². The van der Waals surface area contributed by atoms with E-state index in [1.807, 2.05) is 12.1 Å². The van der Waals surface area contributed by atoms with Crippen LogP contribution in [-0.2, 0) is 12.8 Å². The third kappa shape index (κ3) is 6.28. The van der Waals surface area contributed by atoms with Gasteiger partial charge in [-0.3, -0.25) is 0 Å². The van der Waals surface area contributed by atoms with Crippen molar-refractivity contribution in [3.05, 3.63) is 104 Å². The highest BCUT2D eigenvalue weighted by molar-refractivity contribution is 9.15. The van der Waals surface area contributed by atoms with Crippen molar-refractivity contribution in [3.63, 3.8) is 0 Å². The second-order valence-corrected chi connectivity index (χ2v) is 15.8. The number of hydrogen-bond acceptors (Lipinski definition) is 0. The first-order valence-corrected chi connectivity index (χ1v) is 18.2. The van der Waals surface area contributed by atoms with Gasteiger partial charge in [0.1, 0.15) is 0 Å². The summed E-state index contributed by atoms with van der Waals surface area (Å²) in [6, 6.07) is 17.0. The first kappa shape index (κ1) is 30.6. The summed E-state index contributed by atoms with van der Waals surface area (Å²) in [6.45, 7) is 0. The fraction of sp³-hybridized carbons (Fsp3) is 0.0769. The zero-order valence-electron chi connectivity index (χ0n) is 17.8. The summed E-state index contributed by atoms with van der Waals surface area (Å²) in [5.74, 6) is 0. The lowest BCUT2D eigenvalue weighted by atomic mass is 9.98. The van der Waals surface area contributed by atoms with Gasteiger partial charge in [0.25, 0.3) is 0 Å². The Balaban J connectivity index is 1.61. The molecule has 0 unspecified atom stereocenters. The van der Waals surface area contributed by atoms with E-state index in [-0.39, 0.29) is 0 Å². The van der Waals surface area contributed by atoms with Crippen LogP contribution < -0.4 is 0 Å². The molecule has 0 aromatic heterocycles. The quantitative estimate of drug-likeness (QED) is 0.175. The van der Waals surface area contributed by atoms with Gasteiger partial charge in [-0.1, -0.05) is 36.4 Å². The SMILES string of the molecule is Brc1ccc(-c2ccc(CCc3ccc(-c4ccc(Br)c(Br)c4Br)c(Br)c3Br)c(Br)c2Br)c(Br)c1Br. The van der Waals surface area contributed by atoms with Gasteiger partial charge in [0.2, 0.25) is 0 Å². The Labute approximate surface area is 294 Å². The second kappa shape index (κ2) is 13.1. The molecule has 4 aromatic rings. The van der Waals surface area contributed by atoms with E-state index in [0.717, 1.165) is 79.8 Å². The number of rotatable bonds is 5. The Morgan fingerprint density at radius 2 is 0.583 bits per heavy atom. The van der Waals surface area contributed by atoms with Crippen molar-refractivity contribution < 1.29 is 0 Å². The summed E-state index contributed by atoms with van der Waals surface area (Å²) in [4.78, 5) is 0. The number of hydrogen-bond donors (Lipinski definition) is 0. The van der Waals surface area contributed by atoms with Crippen LogP contribution in [0, 0.1) is 0 Å². The molecule has 0 fully saturated rings. The van der Waals surface area contributed by atoms with Crippen LogP contribution in [0.1, 0.15) is 11.1 Å². The molecule has 0 aliphatic heterocycles. The van der Waals surface area contributed by atoms with Gasteiger partial charge in [-0.2, -0.15) is 0 Å². The second-order valence-electron chi connectivity index (χ2n) is 7.75. The van der Waals surface area contributed by atoms with Crippen LogP contribution in [0.15, 0.2) is 93.3 Å². The maximum Gasteiger partial charge on any atom is 0.0465 e. The van der Waals surface area contributed by atoms with E-state index < -0.39 is 0 Å². The topological polar surface area (TPSA) is 0 Å². The maximum atomic E-state index is 3.84. The summed E-state index contributed by atoms with van der Waals surface area (Å²) in [6.07, 6.45) is 1.78. The van der Waals surface area contributed by atoms with E-state index in [0.29, 0.717) is 0 Å². The van der Waals surface area contributed by atoms with Crippen LogP contribution in [0.4, 0.5) is 0 Å². The Bertz CT molecular complexity index is 1380. The molecule has 0 spiro atoms. The molecule has 0 amide bonds.